The molecule has 0 atom stereocenters. The van der Waals surface area contributed by atoms with E-state index in [1.54, 1.807) is 6.33 Å². The van der Waals surface area contributed by atoms with E-state index in [1.807, 2.05) is 30.5 Å². The average molecular weight is 301 g/mol. The maximum Gasteiger partial charge on any atom is 0.119 e. The second-order valence-electron chi connectivity index (χ2n) is 5.20. The highest BCUT2D eigenvalue weighted by Crippen LogP contribution is 2.15. The number of oxime groups is 1. The van der Waals surface area contributed by atoms with Crippen LogP contribution in [0.5, 0.6) is 5.75 Å². The molecule has 0 fully saturated rings. The van der Waals surface area contributed by atoms with Crippen molar-refractivity contribution in [2.75, 3.05) is 6.61 Å². The van der Waals surface area contributed by atoms with Crippen molar-refractivity contribution in [3.8, 4) is 5.75 Å². The lowest BCUT2D eigenvalue weighted by Gasteiger charge is -2.08. The fourth-order valence-corrected chi connectivity index (χ4v) is 2.21. The van der Waals surface area contributed by atoms with Crippen LogP contribution < -0.4 is 4.74 Å². The molecule has 0 saturated heterocycles. The Morgan fingerprint density at radius 1 is 1.27 bits per heavy atom. The Labute approximate surface area is 131 Å². The lowest BCUT2D eigenvalue weighted by atomic mass is 10.0. The normalized spacial score (nSPS) is 11.6. The summed E-state index contributed by atoms with van der Waals surface area (Å²) >= 11 is 0. The summed E-state index contributed by atoms with van der Waals surface area (Å²) in [5.74, 6) is 0.834. The second kappa shape index (κ2) is 8.87. The summed E-state index contributed by atoms with van der Waals surface area (Å²) in [6.07, 6.45) is 8.27. The van der Waals surface area contributed by atoms with E-state index in [1.165, 1.54) is 0 Å². The van der Waals surface area contributed by atoms with Gasteiger partial charge in [-0.05, 0) is 55.5 Å². The van der Waals surface area contributed by atoms with Gasteiger partial charge in [0.1, 0.15) is 5.75 Å². The van der Waals surface area contributed by atoms with Crippen LogP contribution in [0.3, 0.4) is 0 Å². The van der Waals surface area contributed by atoms with E-state index in [2.05, 4.69) is 22.0 Å². The van der Waals surface area contributed by atoms with Crippen LogP contribution in [0.1, 0.15) is 43.9 Å². The first-order valence-corrected chi connectivity index (χ1v) is 7.75. The van der Waals surface area contributed by atoms with Crippen LogP contribution >= 0.6 is 0 Å². The van der Waals surface area contributed by atoms with Crippen molar-refractivity contribution in [3.05, 3.63) is 48.0 Å². The summed E-state index contributed by atoms with van der Waals surface area (Å²) in [6.45, 7) is 2.78. The second-order valence-corrected chi connectivity index (χ2v) is 5.20. The smallest absolute Gasteiger partial charge is 0.119 e. The van der Waals surface area contributed by atoms with Crippen LogP contribution in [-0.2, 0) is 6.42 Å². The topological polar surface area (TPSA) is 70.5 Å². The number of H-pyrrole nitrogens is 1. The van der Waals surface area contributed by atoms with E-state index < -0.39 is 0 Å². The van der Waals surface area contributed by atoms with Gasteiger partial charge in [0.05, 0.1) is 18.6 Å². The van der Waals surface area contributed by atoms with Gasteiger partial charge in [-0.1, -0.05) is 18.5 Å². The molecule has 5 nitrogen and oxygen atoms in total. The van der Waals surface area contributed by atoms with Gasteiger partial charge < -0.3 is 14.9 Å². The zero-order valence-electron chi connectivity index (χ0n) is 13.0. The summed E-state index contributed by atoms with van der Waals surface area (Å²) in [4.78, 5) is 7.06. The van der Waals surface area contributed by atoms with Crippen molar-refractivity contribution in [2.24, 2.45) is 5.16 Å². The van der Waals surface area contributed by atoms with Crippen molar-refractivity contribution >= 4 is 5.71 Å². The van der Waals surface area contributed by atoms with Crippen LogP contribution in [0, 0.1) is 0 Å². The highest BCUT2D eigenvalue weighted by atomic mass is 16.5. The monoisotopic (exact) mass is 301 g/mol. The van der Waals surface area contributed by atoms with E-state index in [-0.39, 0.29) is 0 Å². The molecule has 0 radical (unpaired) electrons. The number of rotatable bonds is 9. The summed E-state index contributed by atoms with van der Waals surface area (Å²) in [6, 6.07) is 7.72. The zero-order valence-corrected chi connectivity index (χ0v) is 13.0. The SMILES string of the molecule is CCCC/C(=N\O)c1ccc(OCCCc2cnc[nH]2)cc1. The van der Waals surface area contributed by atoms with Gasteiger partial charge in [-0.3, -0.25) is 0 Å². The molecule has 0 saturated carbocycles. The van der Waals surface area contributed by atoms with E-state index in [0.717, 1.165) is 54.8 Å². The number of ether oxygens (including phenoxy) is 1. The first-order valence-electron chi connectivity index (χ1n) is 7.75. The standard InChI is InChI=1S/C17H23N3O2/c1-2-3-6-17(20-21)14-7-9-16(10-8-14)22-11-4-5-15-12-18-13-19-15/h7-10,12-13,21H,2-6,11H2,1H3,(H,18,19)/b20-17+. The number of nitrogens with one attached hydrogen (secondary N) is 1. The van der Waals surface area contributed by atoms with Crippen molar-refractivity contribution < 1.29 is 9.94 Å². The minimum Gasteiger partial charge on any atom is -0.494 e. The Balaban J connectivity index is 1.78. The number of aryl methyl sites for hydroxylation is 1. The van der Waals surface area contributed by atoms with Crippen LogP contribution in [-0.4, -0.2) is 27.5 Å². The van der Waals surface area contributed by atoms with Gasteiger partial charge >= 0.3 is 0 Å². The number of imidazole rings is 1. The number of unbranched alkanes of at least 4 members (excludes halogenated alkanes) is 1. The molecule has 0 spiro atoms. The van der Waals surface area contributed by atoms with E-state index in [9.17, 15) is 0 Å². The molecular formula is C17H23N3O2. The molecule has 1 heterocycles. The number of aromatic amines is 1. The summed E-state index contributed by atoms with van der Waals surface area (Å²) in [5.41, 5.74) is 2.80. The number of aromatic nitrogens is 2. The quantitative estimate of drug-likeness (QED) is 0.320. The molecule has 0 aliphatic carbocycles. The largest absolute Gasteiger partial charge is 0.494 e. The molecule has 1 aromatic carbocycles. The first-order chi connectivity index (χ1) is 10.8. The molecule has 2 aromatic rings. The van der Waals surface area contributed by atoms with Crippen LogP contribution in [0.4, 0.5) is 0 Å². The Kier molecular flexibility index (Phi) is 6.48. The number of hydrogen-bond donors (Lipinski definition) is 2. The summed E-state index contributed by atoms with van der Waals surface area (Å²) in [5, 5.41) is 12.5. The van der Waals surface area contributed by atoms with Gasteiger partial charge in [0.2, 0.25) is 0 Å². The summed E-state index contributed by atoms with van der Waals surface area (Å²) in [7, 11) is 0. The predicted molar refractivity (Wildman–Crippen MR) is 86.7 cm³/mol. The molecule has 0 amide bonds. The van der Waals surface area contributed by atoms with Crippen molar-refractivity contribution in [2.45, 2.75) is 39.0 Å². The van der Waals surface area contributed by atoms with Crippen LogP contribution in [0.15, 0.2) is 41.9 Å². The van der Waals surface area contributed by atoms with Crippen molar-refractivity contribution in [1.29, 1.82) is 0 Å². The third kappa shape index (κ3) is 4.91. The van der Waals surface area contributed by atoms with Gasteiger partial charge in [0, 0.05) is 11.9 Å². The molecule has 0 bridgehead atoms. The van der Waals surface area contributed by atoms with Gasteiger partial charge in [-0.25, -0.2) is 4.98 Å². The maximum absolute atomic E-state index is 9.09. The number of nitrogens with zero attached hydrogens (tertiary/aromatic N) is 2. The van der Waals surface area contributed by atoms with E-state index in [4.69, 9.17) is 9.94 Å². The number of hydrogen-bond acceptors (Lipinski definition) is 4. The summed E-state index contributed by atoms with van der Waals surface area (Å²) < 4.78 is 5.72. The highest BCUT2D eigenvalue weighted by Gasteiger charge is 2.04. The molecule has 2 rings (SSSR count). The molecule has 0 aliphatic rings. The van der Waals surface area contributed by atoms with Gasteiger partial charge in [0.25, 0.3) is 0 Å². The Bertz CT molecular complexity index is 562. The number of benzene rings is 1. The van der Waals surface area contributed by atoms with E-state index in [0.29, 0.717) is 6.61 Å². The third-order valence-corrected chi connectivity index (χ3v) is 3.49. The van der Waals surface area contributed by atoms with Gasteiger partial charge in [-0.2, -0.15) is 0 Å². The minimum absolute atomic E-state index is 0.662. The van der Waals surface area contributed by atoms with Gasteiger partial charge in [-0.15, -0.1) is 0 Å². The molecular weight excluding hydrogens is 278 g/mol. The fraction of sp³-hybridized carbons (Fsp3) is 0.412. The zero-order chi connectivity index (χ0) is 15.6. The fourth-order valence-electron chi connectivity index (χ4n) is 2.21. The highest BCUT2D eigenvalue weighted by molar-refractivity contribution is 6.00. The van der Waals surface area contributed by atoms with Crippen LogP contribution in [0.25, 0.3) is 0 Å². The molecule has 5 heteroatoms. The third-order valence-electron chi connectivity index (χ3n) is 3.49. The lowest BCUT2D eigenvalue weighted by Crippen LogP contribution is -2.02. The predicted octanol–water partition coefficient (Wildman–Crippen LogP) is 3.79. The van der Waals surface area contributed by atoms with E-state index >= 15 is 0 Å². The molecule has 0 unspecified atom stereocenters. The van der Waals surface area contributed by atoms with Crippen molar-refractivity contribution in [3.63, 3.8) is 0 Å². The lowest BCUT2D eigenvalue weighted by molar-refractivity contribution is 0.310. The Morgan fingerprint density at radius 3 is 2.73 bits per heavy atom. The molecule has 1 aromatic heterocycles. The van der Waals surface area contributed by atoms with Crippen LogP contribution in [0.2, 0.25) is 0 Å². The minimum atomic E-state index is 0.662. The maximum atomic E-state index is 9.09. The average Bonchev–Trinajstić information content (AvgIpc) is 3.07. The van der Waals surface area contributed by atoms with Crippen molar-refractivity contribution in [1.82, 2.24) is 9.97 Å². The first kappa shape index (κ1) is 16.1. The Hall–Kier alpha value is -2.30. The molecule has 118 valence electrons. The molecule has 22 heavy (non-hydrogen) atoms. The Morgan fingerprint density at radius 2 is 2.09 bits per heavy atom. The molecule has 2 N–H and O–H groups in total. The van der Waals surface area contributed by atoms with Gasteiger partial charge in [0.15, 0.2) is 0 Å². The molecule has 0 aliphatic heterocycles.